The van der Waals surface area contributed by atoms with Crippen molar-refractivity contribution in [3.63, 3.8) is 0 Å². The molecule has 0 atom stereocenters. The highest BCUT2D eigenvalue weighted by atomic mass is 14.7. The van der Waals surface area contributed by atoms with Crippen molar-refractivity contribution in [2.24, 2.45) is 4.99 Å². The van der Waals surface area contributed by atoms with Crippen LogP contribution in [0, 0.1) is 11.3 Å². The first-order valence-corrected chi connectivity index (χ1v) is 3.96. The maximum Gasteiger partial charge on any atom is 0.101 e. The van der Waals surface area contributed by atoms with Gasteiger partial charge in [0.1, 0.15) is 6.07 Å². The Bertz CT molecular complexity index is 372. The molecule has 0 unspecified atom stereocenters. The highest BCUT2D eigenvalue weighted by Gasteiger charge is 2.08. The first-order valence-electron chi connectivity index (χ1n) is 3.96. The Morgan fingerprint density at radius 3 is 3.17 bits per heavy atom. The topological polar surface area (TPSA) is 36.1 Å². The predicted molar refractivity (Wildman–Crippen MR) is 47.6 cm³/mol. The summed E-state index contributed by atoms with van der Waals surface area (Å²) in [6.45, 7) is 0. The van der Waals surface area contributed by atoms with Crippen molar-refractivity contribution < 1.29 is 0 Å². The van der Waals surface area contributed by atoms with Crippen molar-refractivity contribution in [3.8, 4) is 6.07 Å². The fourth-order valence-corrected chi connectivity index (χ4v) is 1.41. The van der Waals surface area contributed by atoms with Crippen LogP contribution >= 0.6 is 0 Å². The number of aryl methyl sites for hydroxylation is 1. The van der Waals surface area contributed by atoms with Gasteiger partial charge in [-0.05, 0) is 24.5 Å². The fraction of sp³-hybridized carbons (Fsp3) is 0.200. The molecular formula is C10H8N2. The smallest absolute Gasteiger partial charge is 0.101 e. The normalized spacial score (nSPS) is 13.6. The van der Waals surface area contributed by atoms with E-state index in [1.165, 1.54) is 5.56 Å². The van der Waals surface area contributed by atoms with E-state index in [1.807, 2.05) is 24.4 Å². The number of benzene rings is 1. The van der Waals surface area contributed by atoms with Crippen LogP contribution in [0.1, 0.15) is 17.5 Å². The number of hydrogen-bond acceptors (Lipinski definition) is 2. The van der Waals surface area contributed by atoms with Crippen molar-refractivity contribution in [1.29, 1.82) is 5.26 Å². The Morgan fingerprint density at radius 2 is 2.33 bits per heavy atom. The summed E-state index contributed by atoms with van der Waals surface area (Å²) in [5.74, 6) is 0. The quantitative estimate of drug-likeness (QED) is 0.567. The van der Waals surface area contributed by atoms with E-state index < -0.39 is 0 Å². The largest absolute Gasteiger partial charge is 0.260 e. The maximum absolute atomic E-state index is 8.77. The molecule has 0 amide bonds. The van der Waals surface area contributed by atoms with Gasteiger partial charge in [-0.2, -0.15) is 5.26 Å². The van der Waals surface area contributed by atoms with Crippen LogP contribution in [-0.4, -0.2) is 6.21 Å². The zero-order valence-electron chi connectivity index (χ0n) is 6.62. The highest BCUT2D eigenvalue weighted by Crippen LogP contribution is 2.27. The number of fused-ring (bicyclic) bond motifs is 1. The van der Waals surface area contributed by atoms with Crippen LogP contribution in [0.2, 0.25) is 0 Å². The Morgan fingerprint density at radius 1 is 1.42 bits per heavy atom. The minimum atomic E-state index is 0.684. The van der Waals surface area contributed by atoms with Gasteiger partial charge < -0.3 is 0 Å². The van der Waals surface area contributed by atoms with Crippen LogP contribution in [0.25, 0.3) is 0 Å². The van der Waals surface area contributed by atoms with Crippen LogP contribution in [0.4, 0.5) is 5.69 Å². The molecule has 2 rings (SSSR count). The lowest BCUT2D eigenvalue weighted by molar-refractivity contribution is 1.03. The number of hydrogen-bond donors (Lipinski definition) is 0. The van der Waals surface area contributed by atoms with Gasteiger partial charge in [0.2, 0.25) is 0 Å². The van der Waals surface area contributed by atoms with Crippen LogP contribution in [0.15, 0.2) is 23.2 Å². The Labute approximate surface area is 71.2 Å². The number of rotatable bonds is 0. The first kappa shape index (κ1) is 7.05. The molecule has 0 spiro atoms. The lowest BCUT2D eigenvalue weighted by Crippen LogP contribution is -1.94. The van der Waals surface area contributed by atoms with Gasteiger partial charge in [0.15, 0.2) is 0 Å². The van der Waals surface area contributed by atoms with E-state index in [-0.39, 0.29) is 0 Å². The van der Waals surface area contributed by atoms with Crippen LogP contribution in [0.5, 0.6) is 0 Å². The van der Waals surface area contributed by atoms with Crippen LogP contribution < -0.4 is 0 Å². The molecule has 1 aromatic carbocycles. The summed E-state index contributed by atoms with van der Waals surface area (Å²) in [7, 11) is 0. The molecule has 1 aliphatic rings. The molecule has 1 heterocycles. The lowest BCUT2D eigenvalue weighted by atomic mass is 10.0. The maximum atomic E-state index is 8.77. The number of aliphatic imine (C=N–C) groups is 1. The third-order valence-corrected chi connectivity index (χ3v) is 2.00. The van der Waals surface area contributed by atoms with E-state index in [1.54, 1.807) is 0 Å². The summed E-state index contributed by atoms with van der Waals surface area (Å²) in [6, 6.07) is 7.90. The molecule has 0 bridgehead atoms. The van der Waals surface area contributed by atoms with Gasteiger partial charge >= 0.3 is 0 Å². The minimum Gasteiger partial charge on any atom is -0.260 e. The molecule has 0 saturated heterocycles. The second kappa shape index (κ2) is 2.78. The Kier molecular flexibility index (Phi) is 1.64. The van der Waals surface area contributed by atoms with E-state index in [0.717, 1.165) is 18.5 Å². The summed E-state index contributed by atoms with van der Waals surface area (Å²) in [6.07, 6.45) is 3.87. The first-order chi connectivity index (χ1) is 5.92. The summed E-state index contributed by atoms with van der Waals surface area (Å²) in [5, 5.41) is 8.77. The highest BCUT2D eigenvalue weighted by molar-refractivity contribution is 5.72. The molecule has 12 heavy (non-hydrogen) atoms. The van der Waals surface area contributed by atoms with E-state index in [9.17, 15) is 0 Å². The molecule has 0 aliphatic carbocycles. The molecule has 0 N–H and O–H groups in total. The fourth-order valence-electron chi connectivity index (χ4n) is 1.41. The van der Waals surface area contributed by atoms with Crippen molar-refractivity contribution >= 4 is 11.9 Å². The van der Waals surface area contributed by atoms with Gasteiger partial charge in [0.05, 0.1) is 11.3 Å². The molecule has 1 aliphatic heterocycles. The average Bonchev–Trinajstić information content (AvgIpc) is 2.17. The lowest BCUT2D eigenvalue weighted by Gasteiger charge is -2.09. The summed E-state index contributed by atoms with van der Waals surface area (Å²) in [4.78, 5) is 4.22. The molecule has 0 fully saturated rings. The van der Waals surface area contributed by atoms with Gasteiger partial charge in [0, 0.05) is 6.21 Å². The zero-order valence-corrected chi connectivity index (χ0v) is 6.62. The summed E-state index contributed by atoms with van der Waals surface area (Å²) >= 11 is 0. The molecule has 58 valence electrons. The van der Waals surface area contributed by atoms with Gasteiger partial charge in [-0.25, -0.2) is 0 Å². The second-order valence-electron chi connectivity index (χ2n) is 2.78. The molecular weight excluding hydrogens is 148 g/mol. The second-order valence-corrected chi connectivity index (χ2v) is 2.78. The van der Waals surface area contributed by atoms with Gasteiger partial charge in [0.25, 0.3) is 0 Å². The summed E-state index contributed by atoms with van der Waals surface area (Å²) < 4.78 is 0. The van der Waals surface area contributed by atoms with E-state index in [2.05, 4.69) is 11.1 Å². The third kappa shape index (κ3) is 0.998. The zero-order chi connectivity index (χ0) is 8.39. The standard InChI is InChI=1S/C10H8N2/c11-7-9-4-1-3-8-5-2-6-12-10(8)9/h1,3-4,6H,2,5H2. The van der Waals surface area contributed by atoms with Crippen LogP contribution in [0.3, 0.4) is 0 Å². The van der Waals surface area contributed by atoms with Crippen molar-refractivity contribution in [2.75, 3.05) is 0 Å². The van der Waals surface area contributed by atoms with Gasteiger partial charge in [-0.3, -0.25) is 4.99 Å². The van der Waals surface area contributed by atoms with Gasteiger partial charge in [-0.1, -0.05) is 12.1 Å². The predicted octanol–water partition coefficient (Wildman–Crippen LogP) is 2.21. The minimum absolute atomic E-state index is 0.684. The summed E-state index contributed by atoms with van der Waals surface area (Å²) in [5.41, 5.74) is 2.74. The van der Waals surface area contributed by atoms with E-state index >= 15 is 0 Å². The van der Waals surface area contributed by atoms with Crippen molar-refractivity contribution in [3.05, 3.63) is 29.3 Å². The van der Waals surface area contributed by atoms with E-state index in [0.29, 0.717) is 5.56 Å². The SMILES string of the molecule is N#Cc1cccc2c1N=CCC2. The monoisotopic (exact) mass is 156 g/mol. The van der Waals surface area contributed by atoms with Crippen LogP contribution in [-0.2, 0) is 6.42 Å². The average molecular weight is 156 g/mol. The third-order valence-electron chi connectivity index (χ3n) is 2.00. The molecule has 0 saturated carbocycles. The van der Waals surface area contributed by atoms with Crippen molar-refractivity contribution in [1.82, 2.24) is 0 Å². The number of nitrogens with zero attached hydrogens (tertiary/aromatic N) is 2. The molecule has 0 radical (unpaired) electrons. The Hall–Kier alpha value is -1.62. The molecule has 0 aromatic heterocycles. The molecule has 2 nitrogen and oxygen atoms in total. The van der Waals surface area contributed by atoms with Crippen molar-refractivity contribution in [2.45, 2.75) is 12.8 Å². The van der Waals surface area contributed by atoms with Gasteiger partial charge in [-0.15, -0.1) is 0 Å². The van der Waals surface area contributed by atoms with E-state index in [4.69, 9.17) is 5.26 Å². The number of nitriles is 1. The Balaban J connectivity index is 2.64. The molecule has 1 aromatic rings. The molecule has 2 heteroatoms. The number of para-hydroxylation sites is 1.